The molecule has 8 heteroatoms. The summed E-state index contributed by atoms with van der Waals surface area (Å²) in [5.41, 5.74) is -0.654. The fourth-order valence-corrected chi connectivity index (χ4v) is 5.91. The van der Waals surface area contributed by atoms with Gasteiger partial charge in [0.25, 0.3) is 5.91 Å². The lowest BCUT2D eigenvalue weighted by Gasteiger charge is -2.45. The number of likely N-dealkylation sites (tertiary alicyclic amines) is 2. The van der Waals surface area contributed by atoms with Crippen molar-refractivity contribution >= 4 is 40.9 Å². The molecule has 3 heterocycles. The van der Waals surface area contributed by atoms with Crippen molar-refractivity contribution < 1.29 is 19.5 Å². The van der Waals surface area contributed by atoms with E-state index < -0.39 is 17.4 Å². The number of amides is 2. The third-order valence-corrected chi connectivity index (χ3v) is 7.54. The lowest BCUT2D eigenvalue weighted by atomic mass is 9.77. The van der Waals surface area contributed by atoms with Crippen molar-refractivity contribution in [2.24, 2.45) is 5.92 Å². The van der Waals surface area contributed by atoms with Crippen LogP contribution in [0.25, 0.3) is 0 Å². The van der Waals surface area contributed by atoms with Gasteiger partial charge in [-0.15, -0.1) is 23.1 Å². The molecule has 1 spiro atoms. The number of thiophene rings is 1. The van der Waals surface area contributed by atoms with E-state index in [2.05, 4.69) is 6.92 Å². The van der Waals surface area contributed by atoms with E-state index in [1.807, 2.05) is 12.1 Å². The van der Waals surface area contributed by atoms with Crippen LogP contribution in [0.15, 0.2) is 16.3 Å². The Hall–Kier alpha value is -1.54. The van der Waals surface area contributed by atoms with E-state index in [9.17, 15) is 19.5 Å². The first-order valence-electron chi connectivity index (χ1n) is 8.40. The lowest BCUT2D eigenvalue weighted by Crippen LogP contribution is -2.56. The van der Waals surface area contributed by atoms with E-state index in [1.165, 1.54) is 11.3 Å². The number of rotatable bonds is 4. The van der Waals surface area contributed by atoms with Crippen LogP contribution in [0.1, 0.15) is 35.9 Å². The summed E-state index contributed by atoms with van der Waals surface area (Å²) in [7, 11) is 1.69. The Balaban J connectivity index is 1.71. The Bertz CT molecular complexity index is 695. The maximum atomic E-state index is 12.7. The van der Waals surface area contributed by atoms with Crippen LogP contribution in [0.4, 0.5) is 0 Å². The van der Waals surface area contributed by atoms with Gasteiger partial charge < -0.3 is 14.9 Å². The molecule has 136 valence electrons. The van der Waals surface area contributed by atoms with E-state index >= 15 is 0 Å². The van der Waals surface area contributed by atoms with Crippen LogP contribution < -0.4 is 0 Å². The number of nitrogens with zero attached hydrogens (tertiary/aromatic N) is 2. The second-order valence-electron chi connectivity index (χ2n) is 6.50. The van der Waals surface area contributed by atoms with Gasteiger partial charge in [-0.25, -0.2) is 0 Å². The number of carboxylic acid groups (broad SMARTS) is 1. The zero-order valence-electron chi connectivity index (χ0n) is 14.4. The van der Waals surface area contributed by atoms with Gasteiger partial charge in [-0.1, -0.05) is 6.92 Å². The Kier molecular flexibility index (Phi) is 5.11. The SMILES string of the molecule is CCSc1ccc(C(=O)N2CCC3(CC2)[C@H](C(=O)O)CC(=O)N3C)s1. The summed E-state index contributed by atoms with van der Waals surface area (Å²) >= 11 is 3.22. The minimum Gasteiger partial charge on any atom is -0.481 e. The molecule has 2 aliphatic heterocycles. The first-order valence-corrected chi connectivity index (χ1v) is 10.2. The molecular formula is C17H22N2O4S2. The quantitative estimate of drug-likeness (QED) is 0.809. The van der Waals surface area contributed by atoms with Crippen molar-refractivity contribution in [1.29, 1.82) is 0 Å². The molecule has 2 amide bonds. The molecule has 1 N–H and O–H groups in total. The van der Waals surface area contributed by atoms with E-state index in [4.69, 9.17) is 0 Å². The molecule has 2 saturated heterocycles. The van der Waals surface area contributed by atoms with E-state index in [1.54, 1.807) is 28.6 Å². The average molecular weight is 383 g/mol. The first kappa shape index (κ1) is 18.3. The molecule has 0 saturated carbocycles. The molecule has 6 nitrogen and oxygen atoms in total. The van der Waals surface area contributed by atoms with Gasteiger partial charge in [0.05, 0.1) is 20.5 Å². The van der Waals surface area contributed by atoms with Crippen molar-refractivity contribution in [2.45, 2.75) is 35.9 Å². The molecule has 1 atom stereocenters. The second-order valence-corrected chi connectivity index (χ2v) is 9.14. The summed E-state index contributed by atoms with van der Waals surface area (Å²) in [6.45, 7) is 3.04. The number of thioether (sulfide) groups is 1. The Morgan fingerprint density at radius 1 is 1.36 bits per heavy atom. The Morgan fingerprint density at radius 3 is 2.64 bits per heavy atom. The number of carbonyl (C=O) groups excluding carboxylic acids is 2. The highest BCUT2D eigenvalue weighted by atomic mass is 32.2. The molecule has 0 bridgehead atoms. The molecule has 3 rings (SSSR count). The van der Waals surface area contributed by atoms with Crippen molar-refractivity contribution in [1.82, 2.24) is 9.80 Å². The topological polar surface area (TPSA) is 77.9 Å². The Morgan fingerprint density at radius 2 is 2.04 bits per heavy atom. The summed E-state index contributed by atoms with van der Waals surface area (Å²) in [5.74, 6) is -0.751. The maximum Gasteiger partial charge on any atom is 0.309 e. The molecule has 0 unspecified atom stereocenters. The third kappa shape index (κ3) is 3.17. The van der Waals surface area contributed by atoms with Crippen LogP contribution in [-0.4, -0.2) is 64.1 Å². The Labute approximate surface area is 155 Å². The van der Waals surface area contributed by atoms with Crippen molar-refractivity contribution in [3.8, 4) is 0 Å². The van der Waals surface area contributed by atoms with Crippen LogP contribution in [0, 0.1) is 5.92 Å². The summed E-state index contributed by atoms with van der Waals surface area (Å²) in [5, 5.41) is 9.51. The van der Waals surface area contributed by atoms with Gasteiger partial charge in [-0.2, -0.15) is 0 Å². The molecule has 1 aromatic rings. The molecular weight excluding hydrogens is 360 g/mol. The van der Waals surface area contributed by atoms with E-state index in [-0.39, 0.29) is 18.2 Å². The third-order valence-electron chi connectivity index (χ3n) is 5.36. The molecule has 0 radical (unpaired) electrons. The molecule has 25 heavy (non-hydrogen) atoms. The van der Waals surface area contributed by atoms with Gasteiger partial charge in [0, 0.05) is 26.6 Å². The molecule has 2 fully saturated rings. The fourth-order valence-electron chi connectivity index (χ4n) is 3.89. The maximum absolute atomic E-state index is 12.7. The summed E-state index contributed by atoms with van der Waals surface area (Å²) in [6.07, 6.45) is 1.09. The fraction of sp³-hybridized carbons (Fsp3) is 0.588. The van der Waals surface area contributed by atoms with E-state index in [0.29, 0.717) is 25.9 Å². The summed E-state index contributed by atoms with van der Waals surface area (Å²) < 4.78 is 1.13. The monoisotopic (exact) mass is 382 g/mol. The van der Waals surface area contributed by atoms with Crippen LogP contribution >= 0.6 is 23.1 Å². The standard InChI is InChI=1S/C17H22N2O4S2/c1-3-24-14-5-4-12(25-14)15(21)19-8-6-17(7-9-19)11(16(22)23)10-13(20)18(17)2/h4-5,11H,3,6-10H2,1-2H3,(H,22,23)/t11-/m0/s1. The summed E-state index contributed by atoms with van der Waals surface area (Å²) in [6, 6.07) is 3.84. The zero-order valence-corrected chi connectivity index (χ0v) is 16.0. The number of carbonyl (C=O) groups is 3. The number of aliphatic carboxylic acids is 1. The van der Waals surface area contributed by atoms with Gasteiger partial charge in [0.15, 0.2) is 0 Å². The zero-order chi connectivity index (χ0) is 18.2. The van der Waals surface area contributed by atoms with Crippen molar-refractivity contribution in [3.05, 3.63) is 17.0 Å². The van der Waals surface area contributed by atoms with E-state index in [0.717, 1.165) is 14.8 Å². The average Bonchev–Trinajstić information content (AvgIpc) is 3.15. The second kappa shape index (κ2) is 6.99. The van der Waals surface area contributed by atoms with Crippen molar-refractivity contribution in [2.75, 3.05) is 25.9 Å². The van der Waals surface area contributed by atoms with Gasteiger partial charge in [-0.3, -0.25) is 14.4 Å². The molecule has 1 aromatic heterocycles. The predicted molar refractivity (Wildman–Crippen MR) is 97.1 cm³/mol. The van der Waals surface area contributed by atoms with Crippen molar-refractivity contribution in [3.63, 3.8) is 0 Å². The minimum absolute atomic E-state index is 0.00153. The molecule has 0 aromatic carbocycles. The van der Waals surface area contributed by atoms with Gasteiger partial charge in [0.1, 0.15) is 0 Å². The number of hydrogen-bond acceptors (Lipinski definition) is 5. The lowest BCUT2D eigenvalue weighted by molar-refractivity contribution is -0.145. The molecule has 2 aliphatic rings. The molecule has 0 aliphatic carbocycles. The van der Waals surface area contributed by atoms with Crippen LogP contribution in [0.3, 0.4) is 0 Å². The number of piperidine rings is 1. The van der Waals surface area contributed by atoms with Gasteiger partial charge in [-0.05, 0) is 30.7 Å². The van der Waals surface area contributed by atoms with Crippen LogP contribution in [0.2, 0.25) is 0 Å². The normalized spacial score (nSPS) is 22.6. The summed E-state index contributed by atoms with van der Waals surface area (Å²) in [4.78, 5) is 40.5. The highest BCUT2D eigenvalue weighted by Gasteiger charge is 2.55. The van der Waals surface area contributed by atoms with Gasteiger partial charge >= 0.3 is 5.97 Å². The highest BCUT2D eigenvalue weighted by molar-refractivity contribution is 8.01. The highest BCUT2D eigenvalue weighted by Crippen LogP contribution is 2.43. The largest absolute Gasteiger partial charge is 0.481 e. The van der Waals surface area contributed by atoms with Crippen LogP contribution in [0.5, 0.6) is 0 Å². The smallest absolute Gasteiger partial charge is 0.309 e. The first-order chi connectivity index (χ1) is 11.9. The number of hydrogen-bond donors (Lipinski definition) is 1. The minimum atomic E-state index is -0.919. The van der Waals surface area contributed by atoms with Gasteiger partial charge in [0.2, 0.25) is 5.91 Å². The predicted octanol–water partition coefficient (Wildman–Crippen LogP) is 2.40. The van der Waals surface area contributed by atoms with Crippen LogP contribution in [-0.2, 0) is 9.59 Å². The number of carboxylic acids is 1.